The molecule has 0 aliphatic heterocycles. The van der Waals surface area contributed by atoms with Gasteiger partial charge in [-0.15, -0.1) is 11.8 Å². The van der Waals surface area contributed by atoms with E-state index in [0.29, 0.717) is 20.8 Å². The van der Waals surface area contributed by atoms with Crippen LogP contribution in [0.3, 0.4) is 0 Å². The second-order valence-electron chi connectivity index (χ2n) is 6.10. The molecule has 1 amide bonds. The van der Waals surface area contributed by atoms with Crippen molar-refractivity contribution < 1.29 is 19.2 Å². The number of thioether (sulfide) groups is 1. The first-order valence-corrected chi connectivity index (χ1v) is 11.0. The quantitative estimate of drug-likeness (QED) is 0.226. The van der Waals surface area contributed by atoms with Gasteiger partial charge in [-0.3, -0.25) is 19.7 Å². The Morgan fingerprint density at radius 3 is 2.70 bits per heavy atom. The molecule has 0 radical (unpaired) electrons. The molecule has 0 bridgehead atoms. The molecule has 1 aromatic heterocycles. The van der Waals surface area contributed by atoms with E-state index in [9.17, 15) is 19.7 Å². The minimum atomic E-state index is -0.505. The lowest BCUT2D eigenvalue weighted by Gasteiger charge is -2.05. The third kappa shape index (κ3) is 5.55. The first-order valence-electron chi connectivity index (χ1n) is 9.16. The van der Waals surface area contributed by atoms with Crippen molar-refractivity contribution in [2.75, 3.05) is 12.4 Å². The molecule has 0 spiro atoms. The largest absolute Gasteiger partial charge is 0.465 e. The van der Waals surface area contributed by atoms with Gasteiger partial charge in [-0.2, -0.15) is 4.99 Å². The molecule has 0 N–H and O–H groups in total. The number of aromatic nitrogens is 1. The zero-order valence-corrected chi connectivity index (χ0v) is 17.8. The highest BCUT2D eigenvalue weighted by Crippen LogP contribution is 2.23. The summed E-state index contributed by atoms with van der Waals surface area (Å²) >= 11 is 2.76. The number of benzene rings is 2. The van der Waals surface area contributed by atoms with Crippen molar-refractivity contribution in [1.82, 2.24) is 4.57 Å². The van der Waals surface area contributed by atoms with E-state index >= 15 is 0 Å². The molecule has 10 heteroatoms. The number of nitrogens with zero attached hydrogens (tertiary/aromatic N) is 3. The van der Waals surface area contributed by atoms with Crippen LogP contribution >= 0.6 is 23.1 Å². The lowest BCUT2D eigenvalue weighted by atomic mass is 10.3. The Morgan fingerprint density at radius 2 is 2.00 bits per heavy atom. The Hall–Kier alpha value is -2.98. The summed E-state index contributed by atoms with van der Waals surface area (Å²) in [6.07, 6.45) is 0.230. The first kappa shape index (κ1) is 21.7. The van der Waals surface area contributed by atoms with Crippen molar-refractivity contribution in [3.05, 3.63) is 63.4 Å². The van der Waals surface area contributed by atoms with E-state index in [0.717, 1.165) is 4.90 Å². The van der Waals surface area contributed by atoms with Gasteiger partial charge in [0.2, 0.25) is 5.91 Å². The fraction of sp³-hybridized carbons (Fsp3) is 0.250. The Labute approximate surface area is 180 Å². The number of ether oxygens (including phenoxy) is 1. The standard InChI is InChI=1S/C20H19N3O5S2/c1-2-28-19(25)13-22-16-12-14(23(26)27)8-9-17(16)30-20(22)21-18(24)10-11-29-15-6-4-3-5-7-15/h3-9,12H,2,10-11,13H2,1H3. The van der Waals surface area contributed by atoms with Gasteiger partial charge in [0.15, 0.2) is 4.80 Å². The predicted molar refractivity (Wildman–Crippen MR) is 115 cm³/mol. The van der Waals surface area contributed by atoms with Crippen LogP contribution in [0, 0.1) is 10.1 Å². The number of hydrogen-bond acceptors (Lipinski definition) is 7. The van der Waals surface area contributed by atoms with E-state index in [1.807, 2.05) is 30.3 Å². The lowest BCUT2D eigenvalue weighted by molar-refractivity contribution is -0.384. The molecule has 2 aromatic carbocycles. The van der Waals surface area contributed by atoms with Crippen LogP contribution < -0.4 is 4.80 Å². The number of carbonyl (C=O) groups is 2. The third-order valence-corrected chi connectivity index (χ3v) is 6.09. The number of thiazole rings is 1. The first-order chi connectivity index (χ1) is 14.5. The highest BCUT2D eigenvalue weighted by molar-refractivity contribution is 7.99. The topological polar surface area (TPSA) is 104 Å². The van der Waals surface area contributed by atoms with Crippen molar-refractivity contribution in [2.24, 2.45) is 4.99 Å². The van der Waals surface area contributed by atoms with Gasteiger partial charge in [-0.05, 0) is 25.1 Å². The molecule has 0 unspecified atom stereocenters. The Balaban J connectivity index is 1.87. The second-order valence-corrected chi connectivity index (χ2v) is 8.28. The van der Waals surface area contributed by atoms with Gasteiger partial charge in [0.25, 0.3) is 5.69 Å². The maximum absolute atomic E-state index is 12.4. The molecule has 3 aromatic rings. The number of non-ortho nitro benzene ring substituents is 1. The lowest BCUT2D eigenvalue weighted by Crippen LogP contribution is -2.23. The fourth-order valence-corrected chi connectivity index (χ4v) is 4.57. The minimum absolute atomic E-state index is 0.102. The molecule has 0 aliphatic carbocycles. The van der Waals surface area contributed by atoms with Gasteiger partial charge in [0, 0.05) is 29.2 Å². The van der Waals surface area contributed by atoms with Crippen molar-refractivity contribution in [3.63, 3.8) is 0 Å². The molecule has 3 rings (SSSR count). The summed E-state index contributed by atoms with van der Waals surface area (Å²) in [6, 6.07) is 14.1. The maximum atomic E-state index is 12.4. The summed E-state index contributed by atoms with van der Waals surface area (Å²) in [6.45, 7) is 1.72. The summed E-state index contributed by atoms with van der Waals surface area (Å²) in [4.78, 5) is 40.6. The van der Waals surface area contributed by atoms with E-state index < -0.39 is 10.9 Å². The summed E-state index contributed by atoms with van der Waals surface area (Å²) in [5, 5.41) is 11.1. The number of fused-ring (bicyclic) bond motifs is 1. The van der Waals surface area contributed by atoms with Crippen LogP contribution in [0.2, 0.25) is 0 Å². The number of nitro benzene ring substituents is 1. The monoisotopic (exact) mass is 445 g/mol. The number of rotatable bonds is 8. The normalized spacial score (nSPS) is 11.6. The van der Waals surface area contributed by atoms with Gasteiger partial charge in [0.05, 0.1) is 21.7 Å². The van der Waals surface area contributed by atoms with Crippen molar-refractivity contribution >= 4 is 50.9 Å². The van der Waals surface area contributed by atoms with E-state index in [-0.39, 0.29) is 31.2 Å². The molecule has 0 fully saturated rings. The summed E-state index contributed by atoms with van der Waals surface area (Å²) in [7, 11) is 0. The predicted octanol–water partition coefficient (Wildman–Crippen LogP) is 3.78. The van der Waals surface area contributed by atoms with Crippen molar-refractivity contribution in [3.8, 4) is 0 Å². The van der Waals surface area contributed by atoms with Gasteiger partial charge in [0.1, 0.15) is 6.54 Å². The Kier molecular flexibility index (Phi) is 7.36. The van der Waals surface area contributed by atoms with Crippen molar-refractivity contribution in [1.29, 1.82) is 0 Å². The Bertz CT molecular complexity index is 1140. The number of nitro groups is 1. The van der Waals surface area contributed by atoms with E-state index in [4.69, 9.17) is 4.74 Å². The molecular weight excluding hydrogens is 426 g/mol. The zero-order valence-electron chi connectivity index (χ0n) is 16.1. The van der Waals surface area contributed by atoms with Crippen LogP contribution in [0.5, 0.6) is 0 Å². The van der Waals surface area contributed by atoms with Crippen LogP contribution in [-0.2, 0) is 20.9 Å². The van der Waals surface area contributed by atoms with Gasteiger partial charge < -0.3 is 9.30 Å². The molecule has 156 valence electrons. The SMILES string of the molecule is CCOC(=O)Cn1c(=NC(=O)CCSc2ccccc2)sc2ccc([N+](=O)[O-])cc21. The van der Waals surface area contributed by atoms with E-state index in [1.54, 1.807) is 24.8 Å². The fourth-order valence-electron chi connectivity index (χ4n) is 2.68. The van der Waals surface area contributed by atoms with E-state index in [2.05, 4.69) is 4.99 Å². The highest BCUT2D eigenvalue weighted by atomic mass is 32.2. The van der Waals surface area contributed by atoms with Crippen LogP contribution in [0.4, 0.5) is 5.69 Å². The van der Waals surface area contributed by atoms with Gasteiger partial charge in [-0.25, -0.2) is 0 Å². The summed E-state index contributed by atoms with van der Waals surface area (Å²) in [5.41, 5.74) is 0.363. The van der Waals surface area contributed by atoms with Crippen LogP contribution in [0.25, 0.3) is 10.2 Å². The van der Waals surface area contributed by atoms with Crippen LogP contribution in [0.1, 0.15) is 13.3 Å². The van der Waals surface area contributed by atoms with Gasteiger partial charge >= 0.3 is 5.97 Å². The molecule has 0 saturated heterocycles. The molecule has 0 atom stereocenters. The van der Waals surface area contributed by atoms with Crippen LogP contribution in [0.15, 0.2) is 58.4 Å². The number of hydrogen-bond donors (Lipinski definition) is 0. The number of carbonyl (C=O) groups excluding carboxylic acids is 2. The molecule has 0 saturated carbocycles. The molecule has 1 heterocycles. The zero-order chi connectivity index (χ0) is 21.5. The van der Waals surface area contributed by atoms with Gasteiger partial charge in [-0.1, -0.05) is 29.5 Å². The van der Waals surface area contributed by atoms with Crippen LogP contribution in [-0.4, -0.2) is 33.7 Å². The summed E-state index contributed by atoms with van der Waals surface area (Å²) < 4.78 is 7.18. The third-order valence-electron chi connectivity index (χ3n) is 4.02. The number of esters is 1. The second kappa shape index (κ2) is 10.2. The van der Waals surface area contributed by atoms with Crippen molar-refractivity contribution in [2.45, 2.75) is 24.8 Å². The average Bonchev–Trinajstić information content (AvgIpc) is 3.05. The minimum Gasteiger partial charge on any atom is -0.465 e. The average molecular weight is 446 g/mol. The molecular formula is C20H19N3O5S2. The highest BCUT2D eigenvalue weighted by Gasteiger charge is 2.15. The molecule has 0 aliphatic rings. The maximum Gasteiger partial charge on any atom is 0.326 e. The summed E-state index contributed by atoms with van der Waals surface area (Å²) in [5.74, 6) is -0.255. The molecule has 8 nitrogen and oxygen atoms in total. The van der Waals surface area contributed by atoms with E-state index in [1.165, 1.54) is 28.0 Å². The number of amides is 1. The smallest absolute Gasteiger partial charge is 0.326 e. The Morgan fingerprint density at radius 1 is 1.23 bits per heavy atom. The molecule has 30 heavy (non-hydrogen) atoms.